The molecule has 1 unspecified atom stereocenters. The highest BCUT2D eigenvalue weighted by Crippen LogP contribution is 2.09. The van der Waals surface area contributed by atoms with E-state index in [2.05, 4.69) is 0 Å². The topological polar surface area (TPSA) is 46.5 Å². The van der Waals surface area contributed by atoms with Gasteiger partial charge in [-0.1, -0.05) is 24.3 Å². The molecule has 0 saturated heterocycles. The molecule has 1 N–H and O–H groups in total. The van der Waals surface area contributed by atoms with Gasteiger partial charge in [-0.15, -0.1) is 0 Å². The summed E-state index contributed by atoms with van der Waals surface area (Å²) in [5, 5.41) is 8.55. The lowest BCUT2D eigenvalue weighted by Gasteiger charge is -2.16. The van der Waals surface area contributed by atoms with Crippen molar-refractivity contribution in [2.75, 3.05) is 0 Å². The van der Waals surface area contributed by atoms with Gasteiger partial charge in [0.25, 0.3) is 0 Å². The molecular weight excluding hydrogens is 156 g/mol. The molecule has 1 aliphatic carbocycles. The minimum Gasteiger partial charge on any atom is -0.479 e. The van der Waals surface area contributed by atoms with E-state index in [1.807, 2.05) is 24.3 Å². The van der Waals surface area contributed by atoms with E-state index in [1.165, 1.54) is 6.92 Å². The third-order valence-electron chi connectivity index (χ3n) is 1.67. The molecule has 0 bridgehead atoms. The second-order valence-electron chi connectivity index (χ2n) is 2.70. The predicted octanol–water partition coefficient (Wildman–Crippen LogP) is 1.36. The Labute approximate surface area is 71.3 Å². The smallest absolute Gasteiger partial charge is 0.332 e. The van der Waals surface area contributed by atoms with Crippen molar-refractivity contribution in [3.05, 3.63) is 24.3 Å². The molecule has 2 atom stereocenters. The van der Waals surface area contributed by atoms with Crippen molar-refractivity contribution in [1.82, 2.24) is 0 Å². The molecular formula is C9H12O3. The molecule has 3 heteroatoms. The van der Waals surface area contributed by atoms with Crippen LogP contribution in [0.5, 0.6) is 0 Å². The zero-order valence-electron chi connectivity index (χ0n) is 6.93. The summed E-state index contributed by atoms with van der Waals surface area (Å²) in [7, 11) is 0. The molecule has 0 amide bonds. The highest BCUT2D eigenvalue weighted by Gasteiger charge is 2.15. The largest absolute Gasteiger partial charge is 0.479 e. The lowest BCUT2D eigenvalue weighted by Crippen LogP contribution is -2.25. The van der Waals surface area contributed by atoms with E-state index in [-0.39, 0.29) is 6.10 Å². The van der Waals surface area contributed by atoms with Crippen molar-refractivity contribution in [2.45, 2.75) is 25.6 Å². The van der Waals surface area contributed by atoms with Gasteiger partial charge in [0.1, 0.15) is 0 Å². The molecule has 0 heterocycles. The average Bonchev–Trinajstić information content (AvgIpc) is 2.06. The van der Waals surface area contributed by atoms with Gasteiger partial charge in [-0.05, 0) is 13.3 Å². The first kappa shape index (κ1) is 9.00. The quantitative estimate of drug-likeness (QED) is 0.692. The minimum absolute atomic E-state index is 0.0823. The standard InChI is InChI=1S/C9H12O3/c1-7(9(10)11)12-8-5-3-2-4-6-8/h2-5,7-8H,6H2,1H3,(H,10,11)/t7-,8?/m1/s1. The van der Waals surface area contributed by atoms with E-state index >= 15 is 0 Å². The fourth-order valence-corrected chi connectivity index (χ4v) is 0.979. The van der Waals surface area contributed by atoms with Crippen LogP contribution < -0.4 is 0 Å². The Morgan fingerprint density at radius 2 is 2.42 bits per heavy atom. The van der Waals surface area contributed by atoms with Crippen molar-refractivity contribution in [3.63, 3.8) is 0 Å². The van der Waals surface area contributed by atoms with Crippen LogP contribution in [0.3, 0.4) is 0 Å². The lowest BCUT2D eigenvalue weighted by molar-refractivity contribution is -0.151. The van der Waals surface area contributed by atoms with E-state index in [1.54, 1.807) is 0 Å². The monoisotopic (exact) mass is 168 g/mol. The number of ether oxygens (including phenoxy) is 1. The molecule has 1 rings (SSSR count). The van der Waals surface area contributed by atoms with Crippen LogP contribution in [0.1, 0.15) is 13.3 Å². The van der Waals surface area contributed by atoms with E-state index < -0.39 is 12.1 Å². The Morgan fingerprint density at radius 1 is 1.67 bits per heavy atom. The summed E-state index contributed by atoms with van der Waals surface area (Å²) in [5.74, 6) is -0.919. The summed E-state index contributed by atoms with van der Waals surface area (Å²) in [6.45, 7) is 1.54. The van der Waals surface area contributed by atoms with E-state index in [0.717, 1.165) is 6.42 Å². The zero-order chi connectivity index (χ0) is 8.97. The van der Waals surface area contributed by atoms with Crippen LogP contribution in [0.4, 0.5) is 0 Å². The van der Waals surface area contributed by atoms with Crippen LogP contribution in [0.25, 0.3) is 0 Å². The van der Waals surface area contributed by atoms with Gasteiger partial charge in [0.2, 0.25) is 0 Å². The molecule has 0 saturated carbocycles. The molecule has 0 spiro atoms. The summed E-state index contributed by atoms with van der Waals surface area (Å²) in [5.41, 5.74) is 0. The molecule has 0 aromatic heterocycles. The molecule has 3 nitrogen and oxygen atoms in total. The molecule has 66 valence electrons. The summed E-state index contributed by atoms with van der Waals surface area (Å²) in [6, 6.07) is 0. The molecule has 12 heavy (non-hydrogen) atoms. The van der Waals surface area contributed by atoms with Crippen LogP contribution >= 0.6 is 0 Å². The van der Waals surface area contributed by atoms with E-state index in [9.17, 15) is 4.79 Å². The number of carboxylic acid groups (broad SMARTS) is 1. The van der Waals surface area contributed by atoms with Gasteiger partial charge >= 0.3 is 5.97 Å². The van der Waals surface area contributed by atoms with Gasteiger partial charge in [0.15, 0.2) is 6.10 Å². The number of allylic oxidation sites excluding steroid dienone is 2. The van der Waals surface area contributed by atoms with Crippen molar-refractivity contribution in [3.8, 4) is 0 Å². The van der Waals surface area contributed by atoms with E-state index in [4.69, 9.17) is 9.84 Å². The van der Waals surface area contributed by atoms with Crippen LogP contribution in [0.2, 0.25) is 0 Å². The molecule has 0 fully saturated rings. The second-order valence-corrected chi connectivity index (χ2v) is 2.70. The number of aliphatic carboxylic acids is 1. The maximum atomic E-state index is 10.4. The fourth-order valence-electron chi connectivity index (χ4n) is 0.979. The first-order valence-electron chi connectivity index (χ1n) is 3.91. The van der Waals surface area contributed by atoms with Crippen LogP contribution in [-0.2, 0) is 9.53 Å². The second kappa shape index (κ2) is 4.07. The Hall–Kier alpha value is -1.09. The Kier molecular flexibility index (Phi) is 3.05. The number of rotatable bonds is 3. The number of hydrogen-bond acceptors (Lipinski definition) is 2. The first-order chi connectivity index (χ1) is 5.70. The van der Waals surface area contributed by atoms with Gasteiger partial charge in [0.05, 0.1) is 6.10 Å². The van der Waals surface area contributed by atoms with Crippen molar-refractivity contribution in [1.29, 1.82) is 0 Å². The van der Waals surface area contributed by atoms with Gasteiger partial charge < -0.3 is 9.84 Å². The first-order valence-corrected chi connectivity index (χ1v) is 3.91. The lowest BCUT2D eigenvalue weighted by atomic mass is 10.1. The fraction of sp³-hybridized carbons (Fsp3) is 0.444. The van der Waals surface area contributed by atoms with Gasteiger partial charge in [0, 0.05) is 0 Å². The Balaban J connectivity index is 2.36. The van der Waals surface area contributed by atoms with Crippen LogP contribution in [0, 0.1) is 0 Å². The summed E-state index contributed by atoms with van der Waals surface area (Å²) < 4.78 is 5.22. The summed E-state index contributed by atoms with van der Waals surface area (Å²) >= 11 is 0. The Bertz CT molecular complexity index is 218. The zero-order valence-corrected chi connectivity index (χ0v) is 6.93. The number of carboxylic acids is 1. The summed E-state index contributed by atoms with van der Waals surface area (Å²) in [4.78, 5) is 10.4. The maximum Gasteiger partial charge on any atom is 0.332 e. The van der Waals surface area contributed by atoms with Crippen molar-refractivity contribution >= 4 is 5.97 Å². The Morgan fingerprint density at radius 3 is 2.92 bits per heavy atom. The van der Waals surface area contributed by atoms with Crippen LogP contribution in [0.15, 0.2) is 24.3 Å². The van der Waals surface area contributed by atoms with E-state index in [0.29, 0.717) is 0 Å². The van der Waals surface area contributed by atoms with Gasteiger partial charge in [-0.25, -0.2) is 4.79 Å². The van der Waals surface area contributed by atoms with Gasteiger partial charge in [-0.3, -0.25) is 0 Å². The third-order valence-corrected chi connectivity index (χ3v) is 1.67. The molecule has 0 aromatic carbocycles. The average molecular weight is 168 g/mol. The van der Waals surface area contributed by atoms with Crippen LogP contribution in [-0.4, -0.2) is 23.3 Å². The minimum atomic E-state index is -0.919. The number of carbonyl (C=O) groups is 1. The highest BCUT2D eigenvalue weighted by atomic mass is 16.5. The SMILES string of the molecule is C[C@@H](OC1C=CC=CC1)C(=O)O. The van der Waals surface area contributed by atoms with Crippen molar-refractivity contribution in [2.24, 2.45) is 0 Å². The third kappa shape index (κ3) is 2.51. The number of hydrogen-bond donors (Lipinski definition) is 1. The molecule has 0 aromatic rings. The maximum absolute atomic E-state index is 10.4. The van der Waals surface area contributed by atoms with Gasteiger partial charge in [-0.2, -0.15) is 0 Å². The van der Waals surface area contributed by atoms with Crippen molar-refractivity contribution < 1.29 is 14.6 Å². The predicted molar refractivity (Wildman–Crippen MR) is 44.9 cm³/mol. The molecule has 0 aliphatic heterocycles. The normalized spacial score (nSPS) is 23.9. The molecule has 1 aliphatic rings. The highest BCUT2D eigenvalue weighted by molar-refractivity contribution is 5.71. The molecule has 0 radical (unpaired) electrons. The summed E-state index contributed by atoms with van der Waals surface area (Å²) in [6.07, 6.45) is 7.55.